The fraction of sp³-hybridized carbons (Fsp3) is 0.333. The largest absolute Gasteiger partial charge is 0.508 e. The van der Waals surface area contributed by atoms with Crippen LogP contribution in [0.3, 0.4) is 0 Å². The molecule has 2 amide bonds. The molecule has 0 aliphatic carbocycles. The van der Waals surface area contributed by atoms with Crippen molar-refractivity contribution in [2.45, 2.75) is 24.7 Å². The van der Waals surface area contributed by atoms with Crippen molar-refractivity contribution in [1.82, 2.24) is 15.4 Å². The fourth-order valence-corrected chi connectivity index (χ4v) is 3.65. The van der Waals surface area contributed by atoms with Gasteiger partial charge in [-0.15, -0.1) is 0 Å². The molecule has 0 saturated heterocycles. The van der Waals surface area contributed by atoms with E-state index in [1.54, 1.807) is 24.3 Å². The number of amides is 2. The van der Waals surface area contributed by atoms with Gasteiger partial charge in [-0.1, -0.05) is 6.07 Å². The Bertz CT molecular complexity index is 977. The maximum absolute atomic E-state index is 12.2. The average molecular weight is 450 g/mol. The number of phenolic OH excluding ortho intramolecular Hbond substituents is 1. The van der Waals surface area contributed by atoms with Crippen molar-refractivity contribution < 1.29 is 27.9 Å². The molecule has 0 bridgehead atoms. The highest BCUT2D eigenvalue weighted by Crippen LogP contribution is 2.15. The smallest absolute Gasteiger partial charge is 0.251 e. The first-order valence-corrected chi connectivity index (χ1v) is 11.4. The molecule has 0 radical (unpaired) electrons. The molecule has 0 aliphatic rings. The molecule has 4 N–H and O–H groups in total. The topological polar surface area (TPSA) is 134 Å². The first-order chi connectivity index (χ1) is 14.8. The van der Waals surface area contributed by atoms with Crippen molar-refractivity contribution in [3.05, 3.63) is 54.1 Å². The van der Waals surface area contributed by atoms with Gasteiger partial charge in [0.2, 0.25) is 15.9 Å². The van der Waals surface area contributed by atoms with Crippen molar-refractivity contribution in [2.24, 2.45) is 0 Å². The molecule has 168 valence electrons. The molecule has 0 heterocycles. The van der Waals surface area contributed by atoms with Crippen LogP contribution >= 0.6 is 0 Å². The fourth-order valence-electron chi connectivity index (χ4n) is 2.62. The summed E-state index contributed by atoms with van der Waals surface area (Å²) >= 11 is 0. The number of benzene rings is 2. The second-order valence-corrected chi connectivity index (χ2v) is 8.33. The highest BCUT2D eigenvalue weighted by molar-refractivity contribution is 7.89. The minimum atomic E-state index is -3.71. The number of phenols is 1. The van der Waals surface area contributed by atoms with Gasteiger partial charge in [0.05, 0.1) is 11.5 Å². The Morgan fingerprint density at radius 2 is 1.71 bits per heavy atom. The summed E-state index contributed by atoms with van der Waals surface area (Å²) < 4.78 is 32.2. The van der Waals surface area contributed by atoms with Crippen LogP contribution in [-0.4, -0.2) is 51.6 Å². The van der Waals surface area contributed by atoms with Gasteiger partial charge in [-0.05, 0) is 55.8 Å². The molecule has 0 saturated carbocycles. The lowest BCUT2D eigenvalue weighted by Gasteiger charge is -2.09. The molecule has 0 atom stereocenters. The number of carbonyl (C=O) groups excluding carboxylic acids is 2. The quantitative estimate of drug-likeness (QED) is 0.362. The van der Waals surface area contributed by atoms with Gasteiger partial charge in [0.1, 0.15) is 11.5 Å². The van der Waals surface area contributed by atoms with Gasteiger partial charge >= 0.3 is 0 Å². The number of carbonyl (C=O) groups is 2. The Morgan fingerprint density at radius 3 is 2.39 bits per heavy atom. The van der Waals surface area contributed by atoms with E-state index >= 15 is 0 Å². The van der Waals surface area contributed by atoms with Crippen LogP contribution in [0.25, 0.3) is 0 Å². The molecule has 2 rings (SSSR count). The van der Waals surface area contributed by atoms with Gasteiger partial charge in [0.15, 0.2) is 0 Å². The number of hydrogen-bond donors (Lipinski definition) is 4. The Labute approximate surface area is 181 Å². The highest BCUT2D eigenvalue weighted by Gasteiger charge is 2.14. The Kier molecular flexibility index (Phi) is 9.29. The lowest BCUT2D eigenvalue weighted by atomic mass is 10.2. The Balaban J connectivity index is 1.62. The Morgan fingerprint density at radius 1 is 1.00 bits per heavy atom. The maximum atomic E-state index is 12.2. The van der Waals surface area contributed by atoms with Crippen LogP contribution in [-0.2, 0) is 14.8 Å². The number of nitrogens with one attached hydrogen (secondary N) is 3. The second kappa shape index (κ2) is 11.9. The van der Waals surface area contributed by atoms with E-state index in [1.165, 1.54) is 24.3 Å². The molecule has 2 aromatic rings. The van der Waals surface area contributed by atoms with Crippen LogP contribution in [0.1, 0.15) is 30.1 Å². The van der Waals surface area contributed by atoms with E-state index in [2.05, 4.69) is 15.4 Å². The molecular weight excluding hydrogens is 422 g/mol. The average Bonchev–Trinajstić information content (AvgIpc) is 2.74. The van der Waals surface area contributed by atoms with E-state index in [-0.39, 0.29) is 35.4 Å². The van der Waals surface area contributed by atoms with E-state index in [1.807, 2.05) is 6.92 Å². The maximum Gasteiger partial charge on any atom is 0.251 e. The van der Waals surface area contributed by atoms with Gasteiger partial charge in [0, 0.05) is 31.6 Å². The molecule has 10 heteroatoms. The van der Waals surface area contributed by atoms with Gasteiger partial charge in [-0.2, -0.15) is 0 Å². The summed E-state index contributed by atoms with van der Waals surface area (Å²) in [6.07, 6.45) is 0.500. The summed E-state index contributed by atoms with van der Waals surface area (Å²) in [4.78, 5) is 23.9. The van der Waals surface area contributed by atoms with Crippen LogP contribution < -0.4 is 20.1 Å². The van der Waals surface area contributed by atoms with Crippen molar-refractivity contribution >= 4 is 21.8 Å². The molecule has 0 fully saturated rings. The first kappa shape index (κ1) is 24.2. The van der Waals surface area contributed by atoms with E-state index < -0.39 is 10.0 Å². The Hall–Kier alpha value is -3.11. The van der Waals surface area contributed by atoms with E-state index in [0.29, 0.717) is 37.4 Å². The predicted octanol–water partition coefficient (Wildman–Crippen LogP) is 1.40. The zero-order valence-electron chi connectivity index (χ0n) is 17.3. The molecule has 0 aromatic heterocycles. The van der Waals surface area contributed by atoms with E-state index in [4.69, 9.17) is 4.74 Å². The van der Waals surface area contributed by atoms with Gasteiger partial charge in [0.25, 0.3) is 5.91 Å². The summed E-state index contributed by atoms with van der Waals surface area (Å²) in [6.45, 7) is 2.98. The van der Waals surface area contributed by atoms with Crippen LogP contribution in [0.5, 0.6) is 11.5 Å². The van der Waals surface area contributed by atoms with Crippen LogP contribution in [0.4, 0.5) is 0 Å². The standard InChI is InChI=1S/C21H27N3O6S/c1-2-30-18-7-9-19(10-8-18)31(28,29)24-14-11-20(26)22-12-4-13-23-21(27)16-5-3-6-17(25)15-16/h3,5-10,15,24-25H,2,4,11-14H2,1H3,(H,22,26)(H,23,27). The van der Waals surface area contributed by atoms with Crippen LogP contribution in [0.15, 0.2) is 53.4 Å². The first-order valence-electron chi connectivity index (χ1n) is 9.88. The van der Waals surface area contributed by atoms with Gasteiger partial charge in [-0.3, -0.25) is 9.59 Å². The zero-order valence-corrected chi connectivity index (χ0v) is 18.1. The van der Waals surface area contributed by atoms with Crippen LogP contribution in [0.2, 0.25) is 0 Å². The minimum absolute atomic E-state index is 0.00803. The second-order valence-electron chi connectivity index (χ2n) is 6.56. The summed E-state index contributed by atoms with van der Waals surface area (Å²) in [6, 6.07) is 12.0. The van der Waals surface area contributed by atoms with Crippen molar-refractivity contribution in [3.8, 4) is 11.5 Å². The number of rotatable bonds is 12. The minimum Gasteiger partial charge on any atom is -0.508 e. The van der Waals surface area contributed by atoms with Gasteiger partial charge in [-0.25, -0.2) is 13.1 Å². The normalized spacial score (nSPS) is 11.0. The molecule has 31 heavy (non-hydrogen) atoms. The lowest BCUT2D eigenvalue weighted by Crippen LogP contribution is -2.32. The summed E-state index contributed by atoms with van der Waals surface area (Å²) in [7, 11) is -3.71. The summed E-state index contributed by atoms with van der Waals surface area (Å²) in [5.74, 6) is -0.0170. The third-order valence-corrected chi connectivity index (χ3v) is 5.64. The number of sulfonamides is 1. The molecule has 0 unspecified atom stereocenters. The monoisotopic (exact) mass is 449 g/mol. The van der Waals surface area contributed by atoms with Crippen molar-refractivity contribution in [2.75, 3.05) is 26.2 Å². The third kappa shape index (κ3) is 8.27. The zero-order chi connectivity index (χ0) is 22.7. The van der Waals surface area contributed by atoms with Gasteiger partial charge < -0.3 is 20.5 Å². The lowest BCUT2D eigenvalue weighted by molar-refractivity contribution is -0.120. The number of hydrogen-bond acceptors (Lipinski definition) is 6. The SMILES string of the molecule is CCOc1ccc(S(=O)(=O)NCCC(=O)NCCCNC(=O)c2cccc(O)c2)cc1. The summed E-state index contributed by atoms with van der Waals surface area (Å²) in [5, 5.41) is 14.7. The van der Waals surface area contributed by atoms with Crippen molar-refractivity contribution in [3.63, 3.8) is 0 Å². The molecule has 2 aromatic carbocycles. The van der Waals surface area contributed by atoms with E-state index in [9.17, 15) is 23.1 Å². The predicted molar refractivity (Wildman–Crippen MR) is 115 cm³/mol. The molecule has 0 spiro atoms. The van der Waals surface area contributed by atoms with E-state index in [0.717, 1.165) is 0 Å². The third-order valence-electron chi connectivity index (χ3n) is 4.16. The highest BCUT2D eigenvalue weighted by atomic mass is 32.2. The number of aromatic hydroxyl groups is 1. The van der Waals surface area contributed by atoms with Crippen LogP contribution in [0, 0.1) is 0 Å². The molecule has 0 aliphatic heterocycles. The number of ether oxygens (including phenoxy) is 1. The van der Waals surface area contributed by atoms with Crippen molar-refractivity contribution in [1.29, 1.82) is 0 Å². The summed E-state index contributed by atoms with van der Waals surface area (Å²) in [5.41, 5.74) is 0.351. The molecule has 9 nitrogen and oxygen atoms in total. The molecular formula is C21H27N3O6S.